The molecule has 0 radical (unpaired) electrons. The molecule has 3 nitrogen and oxygen atoms in total. The molecule has 0 bridgehead atoms. The van der Waals surface area contributed by atoms with Gasteiger partial charge in [-0.3, -0.25) is 4.79 Å². The Morgan fingerprint density at radius 2 is 1.80 bits per heavy atom. The Morgan fingerprint density at radius 1 is 1.15 bits per heavy atom. The zero-order chi connectivity index (χ0) is 14.8. The van der Waals surface area contributed by atoms with Crippen LogP contribution in [0.5, 0.6) is 0 Å². The average Bonchev–Trinajstić information content (AvgIpc) is 2.47. The molecule has 0 spiro atoms. The number of rotatable bonds is 9. The minimum absolute atomic E-state index is 0.0315. The van der Waals surface area contributed by atoms with E-state index in [0.717, 1.165) is 18.4 Å². The minimum atomic E-state index is -0.653. The van der Waals surface area contributed by atoms with Gasteiger partial charge in [0.05, 0.1) is 12.1 Å². The number of nitrogens with one attached hydrogen (secondary N) is 1. The highest BCUT2D eigenvalue weighted by Crippen LogP contribution is 2.16. The third kappa shape index (κ3) is 6.20. The highest BCUT2D eigenvalue weighted by molar-refractivity contribution is 5.76. The molecule has 0 aromatic heterocycles. The molecular weight excluding hydrogens is 250 g/mol. The molecule has 0 unspecified atom stereocenters. The molecule has 0 saturated carbocycles. The fraction of sp³-hybridized carbons (Fsp3) is 0.588. The molecule has 2 atom stereocenters. The van der Waals surface area contributed by atoms with Crippen LogP contribution in [-0.4, -0.2) is 17.1 Å². The van der Waals surface area contributed by atoms with E-state index in [1.807, 2.05) is 37.3 Å². The SMILES string of the molecule is CCCCCCCC(=O)N[C@@H](C)[C@H](O)c1ccccc1. The maximum absolute atomic E-state index is 11.8. The number of aliphatic hydroxyl groups is 1. The normalized spacial score (nSPS) is 13.8. The van der Waals surface area contributed by atoms with Crippen molar-refractivity contribution in [3.8, 4) is 0 Å². The number of benzene rings is 1. The van der Waals surface area contributed by atoms with Gasteiger partial charge in [-0.1, -0.05) is 62.9 Å². The van der Waals surface area contributed by atoms with Crippen molar-refractivity contribution < 1.29 is 9.90 Å². The van der Waals surface area contributed by atoms with E-state index < -0.39 is 6.10 Å². The molecule has 2 N–H and O–H groups in total. The maximum atomic E-state index is 11.8. The van der Waals surface area contributed by atoms with Crippen molar-refractivity contribution in [3.63, 3.8) is 0 Å². The molecule has 0 aliphatic carbocycles. The van der Waals surface area contributed by atoms with E-state index >= 15 is 0 Å². The van der Waals surface area contributed by atoms with Crippen molar-refractivity contribution in [2.75, 3.05) is 0 Å². The Kier molecular flexibility index (Phi) is 7.97. The van der Waals surface area contributed by atoms with E-state index in [4.69, 9.17) is 0 Å². The molecule has 3 heteroatoms. The molecule has 0 aliphatic rings. The summed E-state index contributed by atoms with van der Waals surface area (Å²) in [6.45, 7) is 4.02. The van der Waals surface area contributed by atoms with Crippen LogP contribution in [0.25, 0.3) is 0 Å². The summed E-state index contributed by atoms with van der Waals surface area (Å²) in [6, 6.07) is 9.17. The van der Waals surface area contributed by atoms with E-state index in [1.165, 1.54) is 19.3 Å². The van der Waals surface area contributed by atoms with E-state index in [1.54, 1.807) is 0 Å². The lowest BCUT2D eigenvalue weighted by Gasteiger charge is -2.20. The summed E-state index contributed by atoms with van der Waals surface area (Å²) in [6.07, 6.45) is 5.59. The summed E-state index contributed by atoms with van der Waals surface area (Å²) < 4.78 is 0. The number of aliphatic hydroxyl groups excluding tert-OH is 1. The Hall–Kier alpha value is -1.35. The summed E-state index contributed by atoms with van der Waals surface area (Å²) in [5.74, 6) is 0.0315. The third-order valence-corrected chi connectivity index (χ3v) is 3.51. The Balaban J connectivity index is 2.27. The van der Waals surface area contributed by atoms with Crippen LogP contribution in [0.15, 0.2) is 30.3 Å². The minimum Gasteiger partial charge on any atom is -0.386 e. The monoisotopic (exact) mass is 277 g/mol. The second-order valence-electron chi connectivity index (χ2n) is 5.38. The first-order valence-corrected chi connectivity index (χ1v) is 7.67. The van der Waals surface area contributed by atoms with Crippen LogP contribution in [0.2, 0.25) is 0 Å². The van der Waals surface area contributed by atoms with E-state index in [9.17, 15) is 9.90 Å². The van der Waals surface area contributed by atoms with Crippen molar-refractivity contribution in [3.05, 3.63) is 35.9 Å². The topological polar surface area (TPSA) is 49.3 Å². The Labute approximate surface area is 122 Å². The number of hydrogen-bond donors (Lipinski definition) is 2. The summed E-state index contributed by atoms with van der Waals surface area (Å²) in [5.41, 5.74) is 0.836. The van der Waals surface area contributed by atoms with Gasteiger partial charge >= 0.3 is 0 Å². The lowest BCUT2D eigenvalue weighted by Crippen LogP contribution is -2.36. The van der Waals surface area contributed by atoms with Crippen LogP contribution >= 0.6 is 0 Å². The first-order valence-electron chi connectivity index (χ1n) is 7.67. The van der Waals surface area contributed by atoms with Gasteiger partial charge in [-0.05, 0) is 18.9 Å². The zero-order valence-electron chi connectivity index (χ0n) is 12.6. The van der Waals surface area contributed by atoms with Crippen molar-refractivity contribution in [1.82, 2.24) is 5.32 Å². The highest BCUT2D eigenvalue weighted by Gasteiger charge is 2.17. The lowest BCUT2D eigenvalue weighted by atomic mass is 10.0. The molecule has 0 fully saturated rings. The molecule has 1 aromatic rings. The molecule has 0 aliphatic heterocycles. The first kappa shape index (κ1) is 16.7. The van der Waals surface area contributed by atoms with Crippen molar-refractivity contribution >= 4 is 5.91 Å². The number of amides is 1. The molecule has 112 valence electrons. The Bertz CT molecular complexity index is 378. The summed E-state index contributed by atoms with van der Waals surface area (Å²) in [4.78, 5) is 11.8. The lowest BCUT2D eigenvalue weighted by molar-refractivity contribution is -0.122. The van der Waals surface area contributed by atoms with Crippen LogP contribution < -0.4 is 5.32 Å². The number of hydrogen-bond acceptors (Lipinski definition) is 2. The highest BCUT2D eigenvalue weighted by atomic mass is 16.3. The van der Waals surface area contributed by atoms with Crippen LogP contribution in [0.1, 0.15) is 64.0 Å². The van der Waals surface area contributed by atoms with E-state index in [2.05, 4.69) is 12.2 Å². The van der Waals surface area contributed by atoms with Gasteiger partial charge < -0.3 is 10.4 Å². The van der Waals surface area contributed by atoms with Gasteiger partial charge in [0.25, 0.3) is 0 Å². The van der Waals surface area contributed by atoms with Gasteiger partial charge in [0.1, 0.15) is 0 Å². The number of carbonyl (C=O) groups excluding carboxylic acids is 1. The van der Waals surface area contributed by atoms with Gasteiger partial charge in [0.2, 0.25) is 5.91 Å². The second kappa shape index (κ2) is 9.54. The summed E-state index contributed by atoms with van der Waals surface area (Å²) in [5, 5.41) is 13.0. The summed E-state index contributed by atoms with van der Waals surface area (Å²) >= 11 is 0. The van der Waals surface area contributed by atoms with Crippen LogP contribution in [0.4, 0.5) is 0 Å². The number of carbonyl (C=O) groups is 1. The maximum Gasteiger partial charge on any atom is 0.220 e. The van der Waals surface area contributed by atoms with Gasteiger partial charge in [-0.25, -0.2) is 0 Å². The second-order valence-corrected chi connectivity index (χ2v) is 5.38. The third-order valence-electron chi connectivity index (χ3n) is 3.51. The molecule has 1 aromatic carbocycles. The van der Waals surface area contributed by atoms with Crippen molar-refractivity contribution in [1.29, 1.82) is 0 Å². The molecule has 20 heavy (non-hydrogen) atoms. The molecule has 1 rings (SSSR count). The predicted molar refractivity (Wildman–Crippen MR) is 82.4 cm³/mol. The zero-order valence-corrected chi connectivity index (χ0v) is 12.6. The molecule has 1 amide bonds. The standard InChI is InChI=1S/C17H27NO2/c1-3-4-5-6-10-13-16(19)18-14(2)17(20)15-11-8-7-9-12-15/h7-9,11-12,14,17,20H,3-6,10,13H2,1-2H3,(H,18,19)/t14-,17-/m0/s1. The largest absolute Gasteiger partial charge is 0.386 e. The van der Waals surface area contributed by atoms with Crippen molar-refractivity contribution in [2.45, 2.75) is 64.5 Å². The summed E-state index contributed by atoms with van der Waals surface area (Å²) in [7, 11) is 0. The molecular formula is C17H27NO2. The predicted octanol–water partition coefficient (Wildman–Crippen LogP) is 3.59. The van der Waals surface area contributed by atoms with Gasteiger partial charge in [0, 0.05) is 6.42 Å². The average molecular weight is 277 g/mol. The van der Waals surface area contributed by atoms with Crippen LogP contribution in [0, 0.1) is 0 Å². The quantitative estimate of drug-likeness (QED) is 0.678. The fourth-order valence-corrected chi connectivity index (χ4v) is 2.23. The molecule has 0 saturated heterocycles. The van der Waals surface area contributed by atoms with Crippen LogP contribution in [-0.2, 0) is 4.79 Å². The van der Waals surface area contributed by atoms with E-state index in [0.29, 0.717) is 6.42 Å². The van der Waals surface area contributed by atoms with Gasteiger partial charge in [0.15, 0.2) is 0 Å². The smallest absolute Gasteiger partial charge is 0.220 e. The fourth-order valence-electron chi connectivity index (χ4n) is 2.23. The van der Waals surface area contributed by atoms with E-state index in [-0.39, 0.29) is 11.9 Å². The van der Waals surface area contributed by atoms with Crippen molar-refractivity contribution in [2.24, 2.45) is 0 Å². The first-order chi connectivity index (χ1) is 9.65. The molecule has 0 heterocycles. The number of unbranched alkanes of at least 4 members (excludes halogenated alkanes) is 4. The van der Waals surface area contributed by atoms with Gasteiger partial charge in [-0.15, -0.1) is 0 Å². The van der Waals surface area contributed by atoms with Gasteiger partial charge in [-0.2, -0.15) is 0 Å². The Morgan fingerprint density at radius 3 is 2.45 bits per heavy atom. The van der Waals surface area contributed by atoms with Crippen LogP contribution in [0.3, 0.4) is 0 Å².